The second-order valence-corrected chi connectivity index (χ2v) is 11.6. The average molecular weight is 641 g/mol. The summed E-state index contributed by atoms with van der Waals surface area (Å²) in [5, 5.41) is 12.4. The number of carbonyl (C=O) groups excluding carboxylic acids is 6. The summed E-state index contributed by atoms with van der Waals surface area (Å²) in [4.78, 5) is 92.6. The van der Waals surface area contributed by atoms with Gasteiger partial charge in [-0.3, -0.25) is 24.0 Å². The maximum Gasteiger partial charge on any atom is 0.311 e. The number of carboxylic acid groups (broad SMARTS) is 1. The smallest absolute Gasteiger partial charge is 0.311 e. The SMILES string of the molecule is COc1ccnc(C(=O)N[C@@H](CC=O)C(=O)C(=O)[C@@H](C)[C@@H]([C@H](C=O)Cc2ccccc2)C(C)(C)C(=O)O)c1OCOC(=O)C(C)C. The molecular formula is C33H40N2O11. The van der Waals surface area contributed by atoms with Gasteiger partial charge in [-0.2, -0.15) is 0 Å². The van der Waals surface area contributed by atoms with Gasteiger partial charge < -0.3 is 34.2 Å². The minimum Gasteiger partial charge on any atom is -0.493 e. The maximum absolute atomic E-state index is 13.7. The molecule has 46 heavy (non-hydrogen) atoms. The molecule has 2 aromatic rings. The molecule has 0 unspecified atom stereocenters. The van der Waals surface area contributed by atoms with Crippen LogP contribution in [0.3, 0.4) is 0 Å². The minimum atomic E-state index is -1.66. The molecular weight excluding hydrogens is 600 g/mol. The van der Waals surface area contributed by atoms with Crippen LogP contribution in [0.15, 0.2) is 42.6 Å². The highest BCUT2D eigenvalue weighted by molar-refractivity contribution is 6.40. The monoisotopic (exact) mass is 640 g/mol. The number of carbonyl (C=O) groups is 7. The van der Waals surface area contributed by atoms with Gasteiger partial charge in [-0.05, 0) is 31.7 Å². The summed E-state index contributed by atoms with van der Waals surface area (Å²) >= 11 is 0. The highest BCUT2D eigenvalue weighted by Crippen LogP contribution is 2.40. The maximum atomic E-state index is 13.7. The number of hydrogen-bond donors (Lipinski definition) is 2. The number of esters is 1. The Morgan fingerprint density at radius 3 is 2.20 bits per heavy atom. The Bertz CT molecular complexity index is 1420. The van der Waals surface area contributed by atoms with Gasteiger partial charge in [0.25, 0.3) is 5.91 Å². The summed E-state index contributed by atoms with van der Waals surface area (Å²) in [7, 11) is 1.29. The van der Waals surface area contributed by atoms with Crippen molar-refractivity contribution in [3.05, 3.63) is 53.9 Å². The number of Topliss-reactive ketones (excluding diaryl/α,β-unsaturated/α-hetero) is 2. The van der Waals surface area contributed by atoms with Crippen molar-refractivity contribution < 1.29 is 52.9 Å². The van der Waals surface area contributed by atoms with Crippen molar-refractivity contribution in [2.75, 3.05) is 13.9 Å². The van der Waals surface area contributed by atoms with Gasteiger partial charge in [0.1, 0.15) is 18.6 Å². The lowest BCUT2D eigenvalue weighted by atomic mass is 9.63. The predicted octanol–water partition coefficient (Wildman–Crippen LogP) is 2.87. The zero-order chi connectivity index (χ0) is 34.6. The number of rotatable bonds is 19. The number of aromatic nitrogens is 1. The van der Waals surface area contributed by atoms with E-state index in [9.17, 15) is 38.7 Å². The van der Waals surface area contributed by atoms with Gasteiger partial charge in [-0.1, -0.05) is 51.1 Å². The summed E-state index contributed by atoms with van der Waals surface area (Å²) < 4.78 is 15.7. The average Bonchev–Trinajstić information content (AvgIpc) is 3.03. The van der Waals surface area contributed by atoms with Crippen LogP contribution in [0.1, 0.15) is 57.1 Å². The summed E-state index contributed by atoms with van der Waals surface area (Å²) in [5.41, 5.74) is -1.29. The number of carboxylic acids is 1. The lowest BCUT2D eigenvalue weighted by molar-refractivity contribution is -0.156. The third-order valence-corrected chi connectivity index (χ3v) is 7.66. The third-order valence-electron chi connectivity index (χ3n) is 7.66. The fourth-order valence-electron chi connectivity index (χ4n) is 5.14. The lowest BCUT2D eigenvalue weighted by Gasteiger charge is -2.38. The van der Waals surface area contributed by atoms with Crippen LogP contribution in [0.25, 0.3) is 0 Å². The molecule has 1 aromatic carbocycles. The summed E-state index contributed by atoms with van der Waals surface area (Å²) in [6, 6.07) is 8.52. The first-order valence-corrected chi connectivity index (χ1v) is 14.6. The first kappa shape index (κ1) is 37.2. The van der Waals surface area contributed by atoms with Gasteiger partial charge in [-0.25, -0.2) is 4.98 Å². The van der Waals surface area contributed by atoms with Crippen LogP contribution < -0.4 is 14.8 Å². The van der Waals surface area contributed by atoms with E-state index < -0.39 is 83.4 Å². The van der Waals surface area contributed by atoms with Gasteiger partial charge in [0.05, 0.1) is 18.4 Å². The lowest BCUT2D eigenvalue weighted by Crippen LogP contribution is -2.50. The van der Waals surface area contributed by atoms with Crippen LogP contribution in [0.5, 0.6) is 11.5 Å². The molecule has 0 aliphatic rings. The molecule has 0 saturated heterocycles. The van der Waals surface area contributed by atoms with Crippen molar-refractivity contribution in [3.63, 3.8) is 0 Å². The number of nitrogens with zero attached hydrogens (tertiary/aromatic N) is 1. The van der Waals surface area contributed by atoms with Crippen LogP contribution in [0, 0.1) is 29.1 Å². The van der Waals surface area contributed by atoms with Gasteiger partial charge in [0, 0.05) is 30.5 Å². The Balaban J connectivity index is 2.39. The fraction of sp³-hybridized carbons (Fsp3) is 0.455. The molecule has 2 rings (SSSR count). The number of nitrogens with one attached hydrogen (secondary N) is 1. The minimum absolute atomic E-state index is 0.0424. The van der Waals surface area contributed by atoms with Crippen molar-refractivity contribution >= 4 is 42.0 Å². The summed E-state index contributed by atoms with van der Waals surface area (Å²) in [6.07, 6.45) is 1.65. The number of methoxy groups -OCH3 is 1. The molecule has 4 atom stereocenters. The van der Waals surface area contributed by atoms with Crippen molar-refractivity contribution in [1.29, 1.82) is 0 Å². The van der Waals surface area contributed by atoms with E-state index in [1.807, 2.05) is 0 Å². The molecule has 0 spiro atoms. The molecule has 1 amide bonds. The van der Waals surface area contributed by atoms with Gasteiger partial charge in [-0.15, -0.1) is 0 Å². The van der Waals surface area contributed by atoms with Crippen LogP contribution >= 0.6 is 0 Å². The highest BCUT2D eigenvalue weighted by atomic mass is 16.7. The van der Waals surface area contributed by atoms with Crippen molar-refractivity contribution in [1.82, 2.24) is 10.3 Å². The van der Waals surface area contributed by atoms with E-state index in [0.717, 1.165) is 5.56 Å². The van der Waals surface area contributed by atoms with E-state index >= 15 is 0 Å². The molecule has 1 heterocycles. The van der Waals surface area contributed by atoms with Crippen LogP contribution in [0.4, 0.5) is 0 Å². The second kappa shape index (κ2) is 16.9. The van der Waals surface area contributed by atoms with E-state index in [0.29, 0.717) is 12.6 Å². The zero-order valence-corrected chi connectivity index (χ0v) is 26.7. The number of hydrogen-bond acceptors (Lipinski definition) is 11. The standard InChI is InChI=1S/C33H40N2O11/c1-19(2)31(41)46-18-45-29-24(44-6)12-14-34-26(29)30(40)35-23(13-15-36)28(39)27(38)20(3)25(33(4,5)32(42)43)22(17-37)16-21-10-8-7-9-11-21/h7-12,14-15,17,19-20,22-23,25H,13,16,18H2,1-6H3,(H,35,40)(H,42,43)/t20-,22-,23-,25-/m0/s1. The summed E-state index contributed by atoms with van der Waals surface area (Å²) in [5.74, 6) is -9.13. The first-order chi connectivity index (χ1) is 21.7. The Morgan fingerprint density at radius 2 is 1.65 bits per heavy atom. The number of pyridine rings is 1. The molecule has 2 N–H and O–H groups in total. The van der Waals surface area contributed by atoms with Gasteiger partial charge in [0.2, 0.25) is 18.4 Å². The highest BCUT2D eigenvalue weighted by Gasteiger charge is 2.48. The molecule has 0 aliphatic carbocycles. The normalized spacial score (nSPS) is 13.8. The van der Waals surface area contributed by atoms with Gasteiger partial charge >= 0.3 is 11.9 Å². The second-order valence-electron chi connectivity index (χ2n) is 11.6. The molecule has 248 valence electrons. The predicted molar refractivity (Wildman–Crippen MR) is 163 cm³/mol. The zero-order valence-electron chi connectivity index (χ0n) is 26.7. The Hall–Kier alpha value is -4.94. The van der Waals surface area contributed by atoms with E-state index in [1.165, 1.54) is 40.1 Å². The van der Waals surface area contributed by atoms with Crippen LogP contribution in [-0.4, -0.2) is 72.0 Å². The molecule has 13 nitrogen and oxygen atoms in total. The van der Waals surface area contributed by atoms with Crippen molar-refractivity contribution in [2.24, 2.45) is 29.1 Å². The number of benzene rings is 1. The molecule has 13 heteroatoms. The number of ketones is 2. The molecule has 1 aromatic heterocycles. The number of aliphatic carboxylic acids is 1. The Labute approximate surface area is 267 Å². The molecule has 0 radical (unpaired) electrons. The first-order valence-electron chi connectivity index (χ1n) is 14.6. The quantitative estimate of drug-likeness (QED) is 0.0989. The van der Waals surface area contributed by atoms with Crippen LogP contribution in [-0.2, 0) is 39.9 Å². The molecule has 0 saturated carbocycles. The number of amides is 1. The third kappa shape index (κ3) is 9.29. The van der Waals surface area contributed by atoms with Gasteiger partial charge in [0.15, 0.2) is 17.2 Å². The van der Waals surface area contributed by atoms with Crippen molar-refractivity contribution in [2.45, 2.75) is 53.5 Å². The fourth-order valence-corrected chi connectivity index (χ4v) is 5.14. The molecule has 0 aliphatic heterocycles. The Morgan fingerprint density at radius 1 is 1.00 bits per heavy atom. The largest absolute Gasteiger partial charge is 0.493 e. The van der Waals surface area contributed by atoms with E-state index in [4.69, 9.17) is 14.2 Å². The summed E-state index contributed by atoms with van der Waals surface area (Å²) in [6.45, 7) is 6.74. The van der Waals surface area contributed by atoms with Crippen LogP contribution in [0.2, 0.25) is 0 Å². The van der Waals surface area contributed by atoms with Crippen molar-refractivity contribution in [3.8, 4) is 11.5 Å². The van der Waals surface area contributed by atoms with E-state index in [1.54, 1.807) is 44.2 Å². The number of ether oxygens (including phenoxy) is 3. The molecule has 0 bridgehead atoms. The molecule has 0 fully saturated rings. The van der Waals surface area contributed by atoms with E-state index in [-0.39, 0.29) is 17.9 Å². The topological polar surface area (TPSA) is 192 Å². The van der Waals surface area contributed by atoms with E-state index in [2.05, 4.69) is 10.3 Å². The Kier molecular flexibility index (Phi) is 13.7. The number of aldehydes is 2.